The molecule has 2 heterocycles. The fraction of sp³-hybridized carbons (Fsp3) is 0.227. The Morgan fingerprint density at radius 3 is 2.63 bits per heavy atom. The van der Waals surface area contributed by atoms with Crippen LogP contribution in [0.2, 0.25) is 5.02 Å². The number of halogens is 4. The fourth-order valence-electron chi connectivity index (χ4n) is 3.48. The molecule has 1 saturated heterocycles. The van der Waals surface area contributed by atoms with Crippen LogP contribution in [-0.4, -0.2) is 54.5 Å². The van der Waals surface area contributed by atoms with Gasteiger partial charge in [-0.05, 0) is 41.5 Å². The molecule has 184 valence electrons. The number of nitrogens with zero attached hydrogens (tertiary/aromatic N) is 3. The Labute approximate surface area is 204 Å². The highest BCUT2D eigenvalue weighted by molar-refractivity contribution is 8.05. The number of carbonyl (C=O) groups is 1. The molecular weight excluding hydrogens is 509 g/mol. The molecule has 1 aliphatic rings. The van der Waals surface area contributed by atoms with Gasteiger partial charge in [0.25, 0.3) is 5.91 Å². The number of aliphatic hydroxyl groups is 2. The smallest absolute Gasteiger partial charge is 0.394 e. The molecule has 0 aliphatic carbocycles. The fourth-order valence-corrected chi connectivity index (χ4v) is 4.76. The van der Waals surface area contributed by atoms with Crippen LogP contribution in [0.5, 0.6) is 0 Å². The lowest BCUT2D eigenvalue weighted by Gasteiger charge is -2.14. The SMILES string of the molecule is O=C1NC(=NC(CO)CO)S(=O)C1=Cc1ccc2c(cnn2Cc2ccc(Cl)cc2C(F)(F)F)c1. The van der Waals surface area contributed by atoms with Gasteiger partial charge in [-0.2, -0.15) is 18.3 Å². The van der Waals surface area contributed by atoms with Crippen LogP contribution in [0.4, 0.5) is 13.2 Å². The molecule has 3 aromatic rings. The van der Waals surface area contributed by atoms with Crippen LogP contribution in [0.15, 0.2) is 52.5 Å². The minimum Gasteiger partial charge on any atom is -0.394 e. The van der Waals surface area contributed by atoms with E-state index in [0.29, 0.717) is 16.5 Å². The van der Waals surface area contributed by atoms with E-state index in [9.17, 15) is 22.2 Å². The number of rotatable bonds is 6. The van der Waals surface area contributed by atoms with Gasteiger partial charge in [0, 0.05) is 10.4 Å². The minimum atomic E-state index is -4.57. The van der Waals surface area contributed by atoms with Gasteiger partial charge in [-0.15, -0.1) is 0 Å². The predicted octanol–water partition coefficient (Wildman–Crippen LogP) is 2.69. The van der Waals surface area contributed by atoms with Crippen molar-refractivity contribution in [2.24, 2.45) is 4.99 Å². The first-order chi connectivity index (χ1) is 16.6. The van der Waals surface area contributed by atoms with Gasteiger partial charge in [-0.25, -0.2) is 4.21 Å². The Morgan fingerprint density at radius 2 is 1.94 bits per heavy atom. The maximum atomic E-state index is 13.4. The topological polar surface area (TPSA) is 117 Å². The molecule has 0 bridgehead atoms. The standard InChI is InChI=1S/C22H18ClF3N4O4S/c23-15-3-2-13(17(7-15)22(24,25)26)9-30-18-4-1-12(5-14(18)8-27-30)6-19-20(33)29-21(35(19)34)28-16(10-31)11-32/h1-8,16,31-32H,9-11H2,(H,28,29,33). The maximum absolute atomic E-state index is 13.4. The molecule has 1 unspecified atom stereocenters. The van der Waals surface area contributed by atoms with Gasteiger partial charge in [0.2, 0.25) is 0 Å². The van der Waals surface area contributed by atoms with Gasteiger partial charge in [-0.3, -0.25) is 19.8 Å². The second kappa shape index (κ2) is 9.90. The van der Waals surface area contributed by atoms with Gasteiger partial charge < -0.3 is 10.2 Å². The molecule has 0 radical (unpaired) electrons. The van der Waals surface area contributed by atoms with Crippen molar-refractivity contribution >= 4 is 50.5 Å². The number of benzene rings is 2. The lowest BCUT2D eigenvalue weighted by atomic mass is 10.1. The molecule has 1 aromatic heterocycles. The Bertz CT molecular complexity index is 1380. The van der Waals surface area contributed by atoms with Crippen molar-refractivity contribution in [2.75, 3.05) is 13.2 Å². The molecule has 1 fully saturated rings. The molecule has 4 rings (SSSR count). The number of fused-ring (bicyclic) bond motifs is 1. The molecule has 0 saturated carbocycles. The summed E-state index contributed by atoms with van der Waals surface area (Å²) >= 11 is 5.75. The first kappa shape index (κ1) is 25.0. The van der Waals surface area contributed by atoms with Gasteiger partial charge in [-0.1, -0.05) is 23.7 Å². The van der Waals surface area contributed by atoms with Crippen molar-refractivity contribution in [1.82, 2.24) is 15.1 Å². The van der Waals surface area contributed by atoms with E-state index < -0.39 is 47.7 Å². The van der Waals surface area contributed by atoms with Gasteiger partial charge in [0.15, 0.2) is 5.17 Å². The Balaban J connectivity index is 1.63. The molecule has 1 aliphatic heterocycles. The average Bonchev–Trinajstić information content (AvgIpc) is 3.33. The summed E-state index contributed by atoms with van der Waals surface area (Å²) in [5.74, 6) is -0.630. The third-order valence-corrected chi connectivity index (χ3v) is 6.70. The number of hydrogen-bond donors (Lipinski definition) is 3. The highest BCUT2D eigenvalue weighted by Gasteiger charge is 2.34. The predicted molar refractivity (Wildman–Crippen MR) is 125 cm³/mol. The zero-order valence-corrected chi connectivity index (χ0v) is 19.4. The number of hydrogen-bond acceptors (Lipinski definition) is 6. The highest BCUT2D eigenvalue weighted by Crippen LogP contribution is 2.34. The normalized spacial score (nSPS) is 18.8. The summed E-state index contributed by atoms with van der Waals surface area (Å²) < 4.78 is 54.4. The van der Waals surface area contributed by atoms with Gasteiger partial charge in [0.05, 0.1) is 43.1 Å². The Morgan fingerprint density at radius 1 is 1.20 bits per heavy atom. The van der Waals surface area contributed by atoms with E-state index in [1.165, 1.54) is 29.1 Å². The van der Waals surface area contributed by atoms with E-state index >= 15 is 0 Å². The molecule has 0 spiro atoms. The maximum Gasteiger partial charge on any atom is 0.416 e. The Hall–Kier alpha value is -3.06. The number of aliphatic imine (C=N–C) groups is 1. The number of carbonyl (C=O) groups excluding carboxylic acids is 1. The van der Waals surface area contributed by atoms with Crippen LogP contribution in [0, 0.1) is 0 Å². The van der Waals surface area contributed by atoms with Crippen LogP contribution < -0.4 is 5.32 Å². The second-order valence-electron chi connectivity index (χ2n) is 7.60. The lowest BCUT2D eigenvalue weighted by molar-refractivity contribution is -0.138. The zero-order chi connectivity index (χ0) is 25.3. The summed E-state index contributed by atoms with van der Waals surface area (Å²) in [6.45, 7) is -1.10. The molecule has 13 heteroatoms. The van der Waals surface area contributed by atoms with E-state index in [0.717, 1.165) is 6.07 Å². The summed E-state index contributed by atoms with van der Waals surface area (Å²) in [6.07, 6.45) is -1.69. The molecule has 35 heavy (non-hydrogen) atoms. The number of aromatic nitrogens is 2. The summed E-state index contributed by atoms with van der Waals surface area (Å²) in [4.78, 5) is 16.1. The van der Waals surface area contributed by atoms with Crippen LogP contribution in [0.25, 0.3) is 17.0 Å². The monoisotopic (exact) mass is 526 g/mol. The van der Waals surface area contributed by atoms with Crippen LogP contribution >= 0.6 is 11.6 Å². The average molecular weight is 527 g/mol. The highest BCUT2D eigenvalue weighted by atomic mass is 35.5. The number of amides is 1. The van der Waals surface area contributed by atoms with E-state index in [4.69, 9.17) is 21.8 Å². The van der Waals surface area contributed by atoms with E-state index in [1.54, 1.807) is 18.2 Å². The molecule has 8 nitrogen and oxygen atoms in total. The summed E-state index contributed by atoms with van der Waals surface area (Å²) in [7, 11) is -1.93. The molecular formula is C22H18ClF3N4O4S. The summed E-state index contributed by atoms with van der Waals surface area (Å²) in [6, 6.07) is 7.57. The minimum absolute atomic E-state index is 0.00648. The first-order valence-electron chi connectivity index (χ1n) is 10.2. The van der Waals surface area contributed by atoms with Crippen molar-refractivity contribution in [3.63, 3.8) is 0 Å². The van der Waals surface area contributed by atoms with Crippen molar-refractivity contribution in [2.45, 2.75) is 18.8 Å². The zero-order valence-electron chi connectivity index (χ0n) is 17.8. The van der Waals surface area contributed by atoms with Gasteiger partial charge in [0.1, 0.15) is 15.7 Å². The van der Waals surface area contributed by atoms with Crippen LogP contribution in [0.1, 0.15) is 16.7 Å². The van der Waals surface area contributed by atoms with Crippen LogP contribution in [0.3, 0.4) is 0 Å². The van der Waals surface area contributed by atoms with Crippen LogP contribution in [-0.2, 0) is 28.3 Å². The van der Waals surface area contributed by atoms with E-state index in [1.807, 2.05) is 0 Å². The largest absolute Gasteiger partial charge is 0.416 e. The van der Waals surface area contributed by atoms with Crippen molar-refractivity contribution < 1.29 is 32.4 Å². The third-order valence-electron chi connectivity index (χ3n) is 5.20. The lowest BCUT2D eigenvalue weighted by Crippen LogP contribution is -2.26. The summed E-state index contributed by atoms with van der Waals surface area (Å²) in [5.41, 5.74) is 0.238. The molecule has 3 N–H and O–H groups in total. The van der Waals surface area contributed by atoms with E-state index in [2.05, 4.69) is 15.4 Å². The number of aliphatic hydroxyl groups excluding tert-OH is 2. The van der Waals surface area contributed by atoms with E-state index in [-0.39, 0.29) is 27.2 Å². The van der Waals surface area contributed by atoms with Crippen molar-refractivity contribution in [3.8, 4) is 0 Å². The quantitative estimate of drug-likeness (QED) is 0.427. The molecule has 1 atom stereocenters. The number of nitrogens with one attached hydrogen (secondary N) is 1. The molecule has 1 amide bonds. The van der Waals surface area contributed by atoms with Crippen molar-refractivity contribution in [3.05, 3.63) is 69.2 Å². The first-order valence-corrected chi connectivity index (χ1v) is 11.7. The Kier molecular flexibility index (Phi) is 7.08. The van der Waals surface area contributed by atoms with Crippen molar-refractivity contribution in [1.29, 1.82) is 0 Å². The second-order valence-corrected chi connectivity index (χ2v) is 9.40. The summed E-state index contributed by atoms with van der Waals surface area (Å²) in [5, 5.41) is 25.3. The molecule has 2 aromatic carbocycles. The number of amidine groups is 1. The third kappa shape index (κ3) is 5.30. The number of alkyl halides is 3. The van der Waals surface area contributed by atoms with Gasteiger partial charge >= 0.3 is 6.18 Å².